The largest absolute Gasteiger partial charge is 0.312 e. The molecular weight excluding hydrogens is 328 g/mol. The number of aromatic nitrogens is 1. The molecule has 2 aromatic rings. The second kappa shape index (κ2) is 6.16. The Morgan fingerprint density at radius 1 is 1.33 bits per heavy atom. The summed E-state index contributed by atoms with van der Waals surface area (Å²) in [6.07, 6.45) is 2.24. The highest BCUT2D eigenvalue weighted by Crippen LogP contribution is 2.24. The van der Waals surface area contributed by atoms with Crippen molar-refractivity contribution in [1.82, 2.24) is 9.88 Å². The average molecular weight is 347 g/mol. The summed E-state index contributed by atoms with van der Waals surface area (Å²) in [6.45, 7) is 3.87. The van der Waals surface area contributed by atoms with E-state index in [1.54, 1.807) is 0 Å². The van der Waals surface area contributed by atoms with Crippen LogP contribution in [0.5, 0.6) is 0 Å². The van der Waals surface area contributed by atoms with Gasteiger partial charge in [-0.1, -0.05) is 29.8 Å². The molecule has 1 aliphatic heterocycles. The van der Waals surface area contributed by atoms with Crippen molar-refractivity contribution < 1.29 is 4.79 Å². The normalized spacial score (nSPS) is 14.0. The summed E-state index contributed by atoms with van der Waals surface area (Å²) in [7, 11) is 0. The Balaban J connectivity index is 1.73. The number of nitrogens with one attached hydrogen (secondary N) is 1. The first-order valence-corrected chi connectivity index (χ1v) is 8.13. The lowest BCUT2D eigenvalue weighted by atomic mass is 10.1. The van der Waals surface area contributed by atoms with E-state index in [-0.39, 0.29) is 5.91 Å². The average Bonchev–Trinajstić information content (AvgIpc) is 2.82. The third kappa shape index (κ3) is 3.11. The van der Waals surface area contributed by atoms with Crippen molar-refractivity contribution in [2.24, 2.45) is 0 Å². The van der Waals surface area contributed by atoms with Gasteiger partial charge in [-0.05, 0) is 46.5 Å². The van der Waals surface area contributed by atoms with Crippen LogP contribution < -0.4 is 5.32 Å². The van der Waals surface area contributed by atoms with Crippen molar-refractivity contribution in [3.05, 3.63) is 57.3 Å². The summed E-state index contributed by atoms with van der Waals surface area (Å²) in [5, 5.41) is 3.34. The molecule has 0 atom stereocenters. The van der Waals surface area contributed by atoms with Gasteiger partial charge in [-0.25, -0.2) is 0 Å². The lowest BCUT2D eigenvalue weighted by molar-refractivity contribution is 0.0897. The predicted octanol–water partition coefficient (Wildman–Crippen LogP) is 3.48. The van der Waals surface area contributed by atoms with Gasteiger partial charge in [-0.2, -0.15) is 0 Å². The number of nitrogens with zero attached hydrogens (tertiary/aromatic N) is 1. The van der Waals surface area contributed by atoms with Crippen molar-refractivity contribution >= 4 is 21.8 Å². The van der Waals surface area contributed by atoms with E-state index in [1.165, 1.54) is 16.7 Å². The van der Waals surface area contributed by atoms with E-state index in [2.05, 4.69) is 58.5 Å². The second-order valence-electron chi connectivity index (χ2n) is 5.58. The molecule has 1 aromatic heterocycles. The summed E-state index contributed by atoms with van der Waals surface area (Å²) >= 11 is 3.53. The van der Waals surface area contributed by atoms with Gasteiger partial charge in [0.15, 0.2) is 0 Å². The molecule has 110 valence electrons. The Kier molecular flexibility index (Phi) is 4.27. The lowest BCUT2D eigenvalue weighted by Crippen LogP contribution is -2.26. The van der Waals surface area contributed by atoms with E-state index < -0.39 is 0 Å². The molecule has 3 rings (SSSR count). The zero-order valence-corrected chi connectivity index (χ0v) is 13.7. The Morgan fingerprint density at radius 3 is 2.86 bits per heavy atom. The number of aryl methyl sites for hydroxylation is 2. The van der Waals surface area contributed by atoms with Gasteiger partial charge in [-0.15, -0.1) is 0 Å². The minimum Gasteiger partial charge on any atom is -0.312 e. The molecule has 0 unspecified atom stereocenters. The van der Waals surface area contributed by atoms with Crippen LogP contribution in [0.15, 0.2) is 34.9 Å². The fraction of sp³-hybridized carbons (Fsp3) is 0.353. The van der Waals surface area contributed by atoms with Crippen LogP contribution in [0.3, 0.4) is 0 Å². The smallest absolute Gasteiger partial charge is 0.232 e. The number of fused-ring (bicyclic) bond motifs is 1. The molecule has 21 heavy (non-hydrogen) atoms. The van der Waals surface area contributed by atoms with Gasteiger partial charge < -0.3 is 5.32 Å². The number of hydrogen-bond acceptors (Lipinski definition) is 2. The molecule has 0 radical (unpaired) electrons. The molecule has 3 nitrogen and oxygen atoms in total. The number of halogens is 1. The van der Waals surface area contributed by atoms with Gasteiger partial charge in [0.25, 0.3) is 0 Å². The first-order valence-electron chi connectivity index (χ1n) is 7.33. The van der Waals surface area contributed by atoms with Crippen molar-refractivity contribution in [3.8, 4) is 0 Å². The van der Waals surface area contributed by atoms with Crippen molar-refractivity contribution in [2.75, 3.05) is 6.54 Å². The van der Waals surface area contributed by atoms with Crippen molar-refractivity contribution in [2.45, 2.75) is 32.7 Å². The van der Waals surface area contributed by atoms with Crippen LogP contribution in [0, 0.1) is 6.92 Å². The minimum absolute atomic E-state index is 0.172. The van der Waals surface area contributed by atoms with Crippen molar-refractivity contribution in [3.63, 3.8) is 0 Å². The third-order valence-electron chi connectivity index (χ3n) is 4.00. The highest BCUT2D eigenvalue weighted by Gasteiger charge is 2.20. The molecule has 2 heterocycles. The lowest BCUT2D eigenvalue weighted by Gasteiger charge is -2.16. The molecule has 4 heteroatoms. The van der Waals surface area contributed by atoms with E-state index in [4.69, 9.17) is 0 Å². The third-order valence-corrected chi connectivity index (χ3v) is 4.58. The van der Waals surface area contributed by atoms with Gasteiger partial charge >= 0.3 is 0 Å². The first-order chi connectivity index (χ1) is 10.1. The Morgan fingerprint density at radius 2 is 2.10 bits per heavy atom. The predicted molar refractivity (Wildman–Crippen MR) is 87.7 cm³/mol. The molecule has 0 spiro atoms. The standard InChI is InChI=1S/C17H19BrN2O/c1-12-2-4-13(5-3-12)6-7-17(21)20-15-8-9-19-11-14(15)10-16(20)18/h2-5,10,19H,6-9,11H2,1H3. The van der Waals surface area contributed by atoms with Crippen LogP contribution in [0.25, 0.3) is 0 Å². The van der Waals surface area contributed by atoms with Gasteiger partial charge in [0.1, 0.15) is 0 Å². The van der Waals surface area contributed by atoms with Gasteiger partial charge in [0, 0.05) is 31.6 Å². The number of hydrogen-bond donors (Lipinski definition) is 1. The van der Waals surface area contributed by atoms with Gasteiger partial charge in [0.05, 0.1) is 4.60 Å². The van der Waals surface area contributed by atoms with Crippen LogP contribution in [-0.4, -0.2) is 17.0 Å². The maximum atomic E-state index is 12.6. The molecule has 1 aliphatic rings. The first kappa shape index (κ1) is 14.5. The molecule has 0 saturated heterocycles. The fourth-order valence-corrected chi connectivity index (χ4v) is 3.50. The Labute approximate surface area is 133 Å². The monoisotopic (exact) mass is 346 g/mol. The summed E-state index contributed by atoms with van der Waals surface area (Å²) in [6, 6.07) is 10.5. The highest BCUT2D eigenvalue weighted by atomic mass is 79.9. The van der Waals surface area contributed by atoms with E-state index in [1.807, 2.05) is 4.57 Å². The quantitative estimate of drug-likeness (QED) is 0.922. The van der Waals surface area contributed by atoms with Crippen LogP contribution in [0.4, 0.5) is 0 Å². The maximum absolute atomic E-state index is 12.6. The summed E-state index contributed by atoms with van der Waals surface area (Å²) in [5.41, 5.74) is 4.86. The summed E-state index contributed by atoms with van der Waals surface area (Å²) < 4.78 is 2.73. The molecule has 1 aromatic carbocycles. The summed E-state index contributed by atoms with van der Waals surface area (Å²) in [5.74, 6) is 0.172. The van der Waals surface area contributed by atoms with Crippen LogP contribution >= 0.6 is 15.9 Å². The minimum atomic E-state index is 0.172. The maximum Gasteiger partial charge on any atom is 0.232 e. The Hall–Kier alpha value is -1.39. The van der Waals surface area contributed by atoms with Crippen LogP contribution in [-0.2, 0) is 19.4 Å². The van der Waals surface area contributed by atoms with Crippen LogP contribution in [0.1, 0.15) is 33.6 Å². The van der Waals surface area contributed by atoms with Gasteiger partial charge in [-0.3, -0.25) is 9.36 Å². The van der Waals surface area contributed by atoms with E-state index >= 15 is 0 Å². The Bertz CT molecular complexity index is 658. The second-order valence-corrected chi connectivity index (χ2v) is 6.39. The van der Waals surface area contributed by atoms with Crippen molar-refractivity contribution in [1.29, 1.82) is 0 Å². The summed E-state index contributed by atoms with van der Waals surface area (Å²) in [4.78, 5) is 12.6. The molecule has 0 fully saturated rings. The van der Waals surface area contributed by atoms with E-state index in [0.717, 1.165) is 36.2 Å². The topological polar surface area (TPSA) is 34.0 Å². The number of carbonyl (C=O) groups is 1. The molecule has 0 amide bonds. The highest BCUT2D eigenvalue weighted by molar-refractivity contribution is 9.10. The number of benzene rings is 1. The fourth-order valence-electron chi connectivity index (χ4n) is 2.81. The molecule has 0 aliphatic carbocycles. The molecule has 1 N–H and O–H groups in total. The van der Waals surface area contributed by atoms with Crippen LogP contribution in [0.2, 0.25) is 0 Å². The zero-order chi connectivity index (χ0) is 14.8. The van der Waals surface area contributed by atoms with E-state index in [9.17, 15) is 4.79 Å². The van der Waals surface area contributed by atoms with E-state index in [0.29, 0.717) is 6.42 Å². The molecular formula is C17H19BrN2O. The number of rotatable bonds is 3. The van der Waals surface area contributed by atoms with Gasteiger partial charge in [0.2, 0.25) is 5.91 Å². The number of carbonyl (C=O) groups excluding carboxylic acids is 1. The molecule has 0 saturated carbocycles. The molecule has 0 bridgehead atoms. The zero-order valence-electron chi connectivity index (χ0n) is 12.2. The SMILES string of the molecule is Cc1ccc(CCC(=O)n2c(Br)cc3c2CCNC3)cc1.